The third-order valence-electron chi connectivity index (χ3n) is 15.4. The molecule has 0 spiro atoms. The van der Waals surface area contributed by atoms with E-state index in [2.05, 4.69) is 52.6 Å². The average molecular weight is 917 g/mol. The highest BCUT2D eigenvalue weighted by molar-refractivity contribution is 8.76. The van der Waals surface area contributed by atoms with Gasteiger partial charge in [-0.3, -0.25) is 0 Å². The number of phenolic OH excluding ortho intramolecular Hbond substituents is 1. The van der Waals surface area contributed by atoms with Crippen LogP contribution in [-0.4, -0.2) is 103 Å². The number of benzene rings is 1. The number of H-pyrrole nitrogens is 1. The molecule has 6 aliphatic rings. The van der Waals surface area contributed by atoms with Gasteiger partial charge in [0.05, 0.1) is 24.4 Å². The maximum absolute atomic E-state index is 12.2. The lowest BCUT2D eigenvalue weighted by atomic mass is 9.76. The van der Waals surface area contributed by atoms with Gasteiger partial charge in [0.25, 0.3) is 0 Å². The Bertz CT molecular complexity index is 2020. The van der Waals surface area contributed by atoms with Crippen LogP contribution in [0, 0.1) is 47.3 Å². The van der Waals surface area contributed by atoms with Crippen molar-refractivity contribution in [1.82, 2.24) is 15.6 Å². The largest absolute Gasteiger partial charge is 0.504 e. The molecule has 2 fully saturated rings. The minimum absolute atomic E-state index is 0.00496. The summed E-state index contributed by atoms with van der Waals surface area (Å²) in [6, 6.07) is 7.85. The van der Waals surface area contributed by atoms with E-state index >= 15 is 0 Å². The predicted molar refractivity (Wildman–Crippen MR) is 256 cm³/mol. The molecule has 11 nitrogen and oxygen atoms in total. The Morgan fingerprint density at radius 1 is 1.00 bits per heavy atom. The summed E-state index contributed by atoms with van der Waals surface area (Å²) in [5.41, 5.74) is 13.0. The summed E-state index contributed by atoms with van der Waals surface area (Å²) in [6.45, 7) is 3.11. The van der Waals surface area contributed by atoms with Gasteiger partial charge in [-0.05, 0) is 123 Å². The van der Waals surface area contributed by atoms with E-state index in [4.69, 9.17) is 10.5 Å². The summed E-state index contributed by atoms with van der Waals surface area (Å²) in [5, 5.41) is 76.5. The number of hydrogen-bond acceptors (Lipinski definition) is 12. The minimum Gasteiger partial charge on any atom is -0.504 e. The summed E-state index contributed by atoms with van der Waals surface area (Å²) in [5.74, 6) is 8.28. The summed E-state index contributed by atoms with van der Waals surface area (Å²) < 4.78 is 6.85. The first-order valence-electron chi connectivity index (χ1n) is 24.2. The number of phenols is 1. The zero-order valence-electron chi connectivity index (χ0n) is 37.5. The summed E-state index contributed by atoms with van der Waals surface area (Å²) in [4.78, 5) is 3.36. The molecule has 8 rings (SSSR count). The molecule has 350 valence electrons. The second kappa shape index (κ2) is 22.2. The first-order valence-corrected chi connectivity index (χ1v) is 26.7. The van der Waals surface area contributed by atoms with Gasteiger partial charge in [0.2, 0.25) is 0 Å². The van der Waals surface area contributed by atoms with E-state index in [0.29, 0.717) is 68.4 Å². The number of aromatic amines is 1. The van der Waals surface area contributed by atoms with Crippen molar-refractivity contribution in [3.8, 4) is 23.3 Å². The number of aliphatic hydroxyl groups is 5. The number of rotatable bonds is 10. The van der Waals surface area contributed by atoms with Crippen LogP contribution in [0.3, 0.4) is 0 Å². The Morgan fingerprint density at radius 2 is 1.84 bits per heavy atom. The molecule has 11 N–H and O–H groups in total. The Morgan fingerprint density at radius 3 is 2.62 bits per heavy atom. The van der Waals surface area contributed by atoms with Gasteiger partial charge in [-0.15, -0.1) is 0 Å². The number of aromatic hydroxyl groups is 1. The van der Waals surface area contributed by atoms with Gasteiger partial charge in [-0.25, -0.2) is 0 Å². The molecule has 3 heterocycles. The molecule has 2 aromatic rings. The number of ether oxygens (including phenoxy) is 1. The van der Waals surface area contributed by atoms with E-state index in [0.717, 1.165) is 66.5 Å². The number of aromatic nitrogens is 1. The molecule has 2 aliphatic heterocycles. The van der Waals surface area contributed by atoms with Crippen LogP contribution in [0.2, 0.25) is 0 Å². The molecule has 1 aromatic carbocycles. The number of hydrogen-bond donors (Lipinski definition) is 10. The molecular formula is C51H72N4O7S2. The fraction of sp³-hybridized carbons (Fsp3) is 0.647. The van der Waals surface area contributed by atoms with Crippen molar-refractivity contribution in [2.24, 2.45) is 41.2 Å². The Hall–Kier alpha value is -3.06. The highest BCUT2D eigenvalue weighted by Crippen LogP contribution is 2.48. The second-order valence-corrected chi connectivity index (χ2v) is 22.0. The maximum atomic E-state index is 12.2. The third-order valence-corrected chi connectivity index (χ3v) is 17.8. The fourth-order valence-corrected chi connectivity index (χ4v) is 14.1. The molecule has 0 radical (unpaired) electrons. The molecule has 12 unspecified atom stereocenters. The van der Waals surface area contributed by atoms with Gasteiger partial charge in [-0.1, -0.05) is 77.3 Å². The smallest absolute Gasteiger partial charge is 0.161 e. The van der Waals surface area contributed by atoms with Crippen molar-refractivity contribution in [1.29, 1.82) is 0 Å². The summed E-state index contributed by atoms with van der Waals surface area (Å²) >= 11 is 0. The normalized spacial score (nSPS) is 33.4. The monoisotopic (exact) mass is 916 g/mol. The molecule has 1 saturated carbocycles. The number of aliphatic hydroxyl groups excluding tert-OH is 5. The van der Waals surface area contributed by atoms with E-state index in [-0.39, 0.29) is 53.9 Å². The summed E-state index contributed by atoms with van der Waals surface area (Å²) in [7, 11) is 3.26. The van der Waals surface area contributed by atoms with E-state index in [1.165, 1.54) is 24.8 Å². The van der Waals surface area contributed by atoms with Crippen molar-refractivity contribution in [3.05, 3.63) is 82.0 Å². The van der Waals surface area contributed by atoms with Gasteiger partial charge in [0, 0.05) is 84.3 Å². The van der Waals surface area contributed by atoms with Gasteiger partial charge in [-0.2, -0.15) is 0 Å². The van der Waals surface area contributed by atoms with Gasteiger partial charge in [0.1, 0.15) is 11.9 Å². The van der Waals surface area contributed by atoms with Crippen molar-refractivity contribution in [2.75, 3.05) is 31.2 Å². The number of allylic oxidation sites excluding steroid dienone is 3. The van der Waals surface area contributed by atoms with Crippen LogP contribution in [0.25, 0.3) is 0 Å². The molecule has 12 atom stereocenters. The molecule has 13 heteroatoms. The van der Waals surface area contributed by atoms with E-state index in [1.807, 2.05) is 18.3 Å². The Labute approximate surface area is 388 Å². The highest BCUT2D eigenvalue weighted by Gasteiger charge is 2.42. The highest BCUT2D eigenvalue weighted by atomic mass is 33.1. The number of dihydropyridines is 1. The minimum atomic E-state index is -1.03. The van der Waals surface area contributed by atoms with Crippen LogP contribution in [0.4, 0.5) is 0 Å². The first kappa shape index (κ1) is 47.4. The fourth-order valence-electron chi connectivity index (χ4n) is 11.5. The van der Waals surface area contributed by atoms with Gasteiger partial charge in [0.15, 0.2) is 11.5 Å². The molecule has 64 heavy (non-hydrogen) atoms. The molecule has 0 amide bonds. The van der Waals surface area contributed by atoms with Gasteiger partial charge >= 0.3 is 0 Å². The quantitative estimate of drug-likeness (QED) is 0.0737. The molecule has 1 aromatic heterocycles. The van der Waals surface area contributed by atoms with Gasteiger partial charge < -0.3 is 56.7 Å². The molecule has 1 saturated heterocycles. The number of fused-ring (bicyclic) bond motifs is 5. The SMILES string of the molecule is CCC1C#CC2C=C3CCc4cc(O)c(OC5CC(Cc6ccc[nH]6)C6=CCNC(N)=C6CSSCC(CO)C5O)cc4C3CC(O)C2C(O)CCC(NCC(O)C2CCCCC2)C1. The molecular weight excluding hydrogens is 845 g/mol. The maximum Gasteiger partial charge on any atom is 0.161 e. The van der Waals surface area contributed by atoms with Crippen molar-refractivity contribution < 1.29 is 35.4 Å². The zero-order valence-corrected chi connectivity index (χ0v) is 39.1. The number of nitrogens with one attached hydrogen (secondary N) is 3. The van der Waals surface area contributed by atoms with E-state index < -0.39 is 36.3 Å². The topological polar surface area (TPSA) is 196 Å². The van der Waals surface area contributed by atoms with Crippen LogP contribution >= 0.6 is 21.6 Å². The van der Waals surface area contributed by atoms with E-state index in [9.17, 15) is 30.6 Å². The van der Waals surface area contributed by atoms with Crippen LogP contribution < -0.4 is 21.1 Å². The van der Waals surface area contributed by atoms with Crippen LogP contribution in [0.1, 0.15) is 107 Å². The Kier molecular flexibility index (Phi) is 16.4. The lowest BCUT2D eigenvalue weighted by Crippen LogP contribution is -2.42. The van der Waals surface area contributed by atoms with Crippen LogP contribution in [0.15, 0.2) is 65.2 Å². The number of nitrogens with two attached hydrogens (primary N) is 1. The third kappa shape index (κ3) is 11.2. The molecule has 4 aliphatic carbocycles. The number of aryl methyl sites for hydroxylation is 1. The zero-order chi connectivity index (χ0) is 44.7. The summed E-state index contributed by atoms with van der Waals surface area (Å²) in [6.07, 6.45) is 14.3. The van der Waals surface area contributed by atoms with Crippen molar-refractivity contribution >= 4 is 21.6 Å². The van der Waals surface area contributed by atoms with Crippen molar-refractivity contribution in [3.63, 3.8) is 0 Å². The molecule has 0 bridgehead atoms. The Balaban J connectivity index is 1.06. The average Bonchev–Trinajstić information content (AvgIpc) is 3.76. The van der Waals surface area contributed by atoms with E-state index in [1.54, 1.807) is 27.7 Å². The van der Waals surface area contributed by atoms with Crippen LogP contribution in [-0.2, 0) is 12.8 Å². The lowest BCUT2D eigenvalue weighted by molar-refractivity contribution is -0.0214. The second-order valence-electron chi connectivity index (χ2n) is 19.5. The van der Waals surface area contributed by atoms with Crippen molar-refractivity contribution in [2.45, 2.75) is 139 Å². The lowest BCUT2D eigenvalue weighted by Gasteiger charge is -2.35. The standard InChI is InChI=1S/C51H72N4O7S2/c1-2-30-10-11-34-20-32-12-13-33-22-44(58)47(25-41(33)40(32)24-45(59)49(34)43(57)15-14-38(19-30)55-26-46(60)31-7-4-3-5-8-31)62-48-23-35(21-37-9-6-17-53-37)39-16-18-54-51(52)42(39)29-64-63-28-36(27-56)50(48)61/h6,9,16-17,20,22,25,30-31,34-36,38,40,43,45-46,48-50,53-61H,2-5,7-8,12-15,18-19,21,23-24,26-29,52H2,1H3. The van der Waals surface area contributed by atoms with Crippen LogP contribution in [0.5, 0.6) is 11.5 Å². The predicted octanol–water partition coefficient (Wildman–Crippen LogP) is 6.21. The first-order chi connectivity index (χ1) is 31.1.